The van der Waals surface area contributed by atoms with E-state index in [9.17, 15) is 0 Å². The second kappa shape index (κ2) is 7.29. The van der Waals surface area contributed by atoms with Crippen molar-refractivity contribution in [3.05, 3.63) is 0 Å². The van der Waals surface area contributed by atoms with E-state index in [1.165, 1.54) is 19.3 Å². The molecule has 2 heteroatoms. The van der Waals surface area contributed by atoms with E-state index < -0.39 is 0 Å². The molecule has 0 bridgehead atoms. The van der Waals surface area contributed by atoms with Crippen LogP contribution in [-0.2, 0) is 4.74 Å². The van der Waals surface area contributed by atoms with Crippen molar-refractivity contribution in [3.63, 3.8) is 0 Å². The van der Waals surface area contributed by atoms with Gasteiger partial charge in [-0.3, -0.25) is 0 Å². The fraction of sp³-hybridized carbons (Fsp3) is 1.00. The second-order valence-electron chi connectivity index (χ2n) is 6.73. The summed E-state index contributed by atoms with van der Waals surface area (Å²) in [7, 11) is 0. The third-order valence-electron chi connectivity index (χ3n) is 2.34. The Hall–Kier alpha value is -0.0800. The Balaban J connectivity index is 3.17. The molecule has 0 aliphatic rings. The summed E-state index contributed by atoms with van der Waals surface area (Å²) in [6, 6.07) is 0. The molecule has 98 valence electrons. The average molecular weight is 229 g/mol. The topological polar surface area (TPSA) is 21.3 Å². The molecule has 0 unspecified atom stereocenters. The Morgan fingerprint density at radius 3 is 2.00 bits per heavy atom. The lowest BCUT2D eigenvalue weighted by molar-refractivity contribution is -0.000770. The van der Waals surface area contributed by atoms with Crippen LogP contribution in [0.15, 0.2) is 0 Å². The predicted molar refractivity (Wildman–Crippen MR) is 71.9 cm³/mol. The van der Waals surface area contributed by atoms with Crippen molar-refractivity contribution in [1.82, 2.24) is 5.32 Å². The molecule has 0 atom stereocenters. The Morgan fingerprint density at radius 2 is 1.50 bits per heavy atom. The summed E-state index contributed by atoms with van der Waals surface area (Å²) in [5.74, 6) is 0. The van der Waals surface area contributed by atoms with Gasteiger partial charge in [-0.05, 0) is 45.6 Å². The molecule has 0 aromatic carbocycles. The standard InChI is InChI=1S/C14H31NO/c1-13(2,3)9-7-8-10-15-11-12-16-14(4,5)6/h15H,7-12H2,1-6H3. The molecule has 1 N–H and O–H groups in total. The molecule has 0 fully saturated rings. The van der Waals surface area contributed by atoms with Gasteiger partial charge in [-0.25, -0.2) is 0 Å². The minimum Gasteiger partial charge on any atom is -0.375 e. The van der Waals surface area contributed by atoms with Gasteiger partial charge in [0.2, 0.25) is 0 Å². The molecule has 0 radical (unpaired) electrons. The monoisotopic (exact) mass is 229 g/mol. The maximum Gasteiger partial charge on any atom is 0.0599 e. The molecule has 16 heavy (non-hydrogen) atoms. The highest BCUT2D eigenvalue weighted by molar-refractivity contribution is 4.62. The fourth-order valence-corrected chi connectivity index (χ4v) is 1.46. The van der Waals surface area contributed by atoms with Gasteiger partial charge in [-0.2, -0.15) is 0 Å². The molecule has 0 saturated heterocycles. The van der Waals surface area contributed by atoms with Crippen molar-refractivity contribution < 1.29 is 4.74 Å². The normalized spacial score (nSPS) is 13.1. The van der Waals surface area contributed by atoms with Gasteiger partial charge >= 0.3 is 0 Å². The first-order valence-electron chi connectivity index (χ1n) is 6.55. The van der Waals surface area contributed by atoms with E-state index in [1.807, 2.05) is 0 Å². The molecule has 0 aromatic rings. The molecular weight excluding hydrogens is 198 g/mol. The number of nitrogens with one attached hydrogen (secondary N) is 1. The van der Waals surface area contributed by atoms with Gasteiger partial charge in [0, 0.05) is 6.54 Å². The Morgan fingerprint density at radius 1 is 0.875 bits per heavy atom. The van der Waals surface area contributed by atoms with Gasteiger partial charge in [0.05, 0.1) is 12.2 Å². The summed E-state index contributed by atoms with van der Waals surface area (Å²) in [5, 5.41) is 3.42. The molecule has 2 nitrogen and oxygen atoms in total. The Bertz CT molecular complexity index is 145. The van der Waals surface area contributed by atoms with Crippen molar-refractivity contribution in [1.29, 1.82) is 0 Å². The zero-order valence-corrected chi connectivity index (χ0v) is 12.2. The van der Waals surface area contributed by atoms with Crippen molar-refractivity contribution in [2.45, 2.75) is 66.4 Å². The van der Waals surface area contributed by atoms with Crippen LogP contribution in [0.2, 0.25) is 0 Å². The van der Waals surface area contributed by atoms with Crippen LogP contribution < -0.4 is 5.32 Å². The number of ether oxygens (including phenoxy) is 1. The molecule has 0 aliphatic heterocycles. The highest BCUT2D eigenvalue weighted by atomic mass is 16.5. The number of hydrogen-bond acceptors (Lipinski definition) is 2. The van der Waals surface area contributed by atoms with E-state index in [2.05, 4.69) is 46.9 Å². The lowest BCUT2D eigenvalue weighted by atomic mass is 9.90. The SMILES string of the molecule is CC(C)(C)CCCCNCCOC(C)(C)C. The molecule has 0 spiro atoms. The summed E-state index contributed by atoms with van der Waals surface area (Å²) in [6.07, 6.45) is 3.90. The van der Waals surface area contributed by atoms with E-state index in [4.69, 9.17) is 4.74 Å². The third-order valence-corrected chi connectivity index (χ3v) is 2.34. The Labute approximate surface area is 102 Å². The Kier molecular flexibility index (Phi) is 7.25. The highest BCUT2D eigenvalue weighted by Gasteiger charge is 2.09. The summed E-state index contributed by atoms with van der Waals surface area (Å²) in [5.41, 5.74) is 0.475. The first-order valence-corrected chi connectivity index (χ1v) is 6.55. The van der Waals surface area contributed by atoms with Gasteiger partial charge in [-0.15, -0.1) is 0 Å². The number of rotatable bonds is 7. The molecule has 0 saturated carbocycles. The van der Waals surface area contributed by atoms with Crippen LogP contribution in [0.1, 0.15) is 60.8 Å². The molecule has 0 aliphatic carbocycles. The van der Waals surface area contributed by atoms with Gasteiger partial charge in [0.15, 0.2) is 0 Å². The predicted octanol–water partition coefficient (Wildman–Crippen LogP) is 3.61. The zero-order chi connectivity index (χ0) is 12.7. The van der Waals surface area contributed by atoms with Crippen LogP contribution in [-0.4, -0.2) is 25.3 Å². The van der Waals surface area contributed by atoms with Crippen molar-refractivity contribution in [3.8, 4) is 0 Å². The first-order chi connectivity index (χ1) is 7.21. The summed E-state index contributed by atoms with van der Waals surface area (Å²) < 4.78 is 5.63. The van der Waals surface area contributed by atoms with Crippen LogP contribution in [0.25, 0.3) is 0 Å². The van der Waals surface area contributed by atoms with Gasteiger partial charge in [-0.1, -0.05) is 27.2 Å². The van der Waals surface area contributed by atoms with Crippen molar-refractivity contribution in [2.24, 2.45) is 5.41 Å². The van der Waals surface area contributed by atoms with E-state index in [0.717, 1.165) is 19.7 Å². The van der Waals surface area contributed by atoms with E-state index in [0.29, 0.717) is 5.41 Å². The highest BCUT2D eigenvalue weighted by Crippen LogP contribution is 2.21. The smallest absolute Gasteiger partial charge is 0.0599 e. The molecule has 0 aromatic heterocycles. The van der Waals surface area contributed by atoms with Crippen LogP contribution in [0.5, 0.6) is 0 Å². The van der Waals surface area contributed by atoms with E-state index >= 15 is 0 Å². The van der Waals surface area contributed by atoms with E-state index in [-0.39, 0.29) is 5.60 Å². The second-order valence-corrected chi connectivity index (χ2v) is 6.73. The average Bonchev–Trinajstić information content (AvgIpc) is 2.06. The lowest BCUT2D eigenvalue weighted by Gasteiger charge is -2.20. The minimum absolute atomic E-state index is 0.00604. The zero-order valence-electron chi connectivity index (χ0n) is 12.2. The van der Waals surface area contributed by atoms with Crippen LogP contribution in [0.3, 0.4) is 0 Å². The van der Waals surface area contributed by atoms with Crippen molar-refractivity contribution in [2.75, 3.05) is 19.7 Å². The van der Waals surface area contributed by atoms with Crippen molar-refractivity contribution >= 4 is 0 Å². The fourth-order valence-electron chi connectivity index (χ4n) is 1.46. The quantitative estimate of drug-likeness (QED) is 0.673. The van der Waals surface area contributed by atoms with Gasteiger partial charge in [0.1, 0.15) is 0 Å². The summed E-state index contributed by atoms with van der Waals surface area (Å²) >= 11 is 0. The molecule has 0 rings (SSSR count). The maximum absolute atomic E-state index is 5.63. The summed E-state index contributed by atoms with van der Waals surface area (Å²) in [4.78, 5) is 0. The molecular formula is C14H31NO. The first kappa shape index (κ1) is 15.9. The van der Waals surface area contributed by atoms with Crippen LogP contribution in [0.4, 0.5) is 0 Å². The maximum atomic E-state index is 5.63. The molecule has 0 amide bonds. The number of unbranched alkanes of at least 4 members (excludes halogenated alkanes) is 1. The molecule has 0 heterocycles. The summed E-state index contributed by atoms with van der Waals surface area (Å²) in [6.45, 7) is 16.1. The van der Waals surface area contributed by atoms with Crippen LogP contribution in [0, 0.1) is 5.41 Å². The minimum atomic E-state index is -0.00604. The van der Waals surface area contributed by atoms with Crippen LogP contribution >= 0.6 is 0 Å². The van der Waals surface area contributed by atoms with Gasteiger partial charge < -0.3 is 10.1 Å². The third kappa shape index (κ3) is 13.9. The number of hydrogen-bond donors (Lipinski definition) is 1. The lowest BCUT2D eigenvalue weighted by Crippen LogP contribution is -2.27. The largest absolute Gasteiger partial charge is 0.375 e. The van der Waals surface area contributed by atoms with Gasteiger partial charge in [0.25, 0.3) is 0 Å². The van der Waals surface area contributed by atoms with E-state index in [1.54, 1.807) is 0 Å².